The molecule has 1 fully saturated rings. The first-order chi connectivity index (χ1) is 11.1. The Morgan fingerprint density at radius 3 is 2.74 bits per heavy atom. The molecule has 0 radical (unpaired) electrons. The van der Waals surface area contributed by atoms with Crippen molar-refractivity contribution in [2.24, 2.45) is 0 Å². The Bertz CT molecular complexity index is 685. The van der Waals surface area contributed by atoms with Crippen LogP contribution in [0.2, 0.25) is 0 Å². The highest BCUT2D eigenvalue weighted by Crippen LogP contribution is 2.25. The molecule has 2 aromatic rings. The molecule has 1 unspecified atom stereocenters. The molecular formula is C18H26N4O. The molecule has 0 aliphatic carbocycles. The quantitative estimate of drug-likeness (QED) is 0.868. The lowest BCUT2D eigenvalue weighted by Crippen LogP contribution is -2.47. The molecule has 0 saturated carbocycles. The Labute approximate surface area is 137 Å². The van der Waals surface area contributed by atoms with Gasteiger partial charge in [0, 0.05) is 44.8 Å². The number of piperazine rings is 1. The summed E-state index contributed by atoms with van der Waals surface area (Å²) in [6, 6.07) is 2.14. The van der Waals surface area contributed by atoms with Gasteiger partial charge in [0.05, 0.1) is 6.42 Å². The predicted molar refractivity (Wildman–Crippen MR) is 91.7 cm³/mol. The average Bonchev–Trinajstić information content (AvgIpc) is 3.01. The number of carbonyl (C=O) groups is 1. The van der Waals surface area contributed by atoms with Crippen LogP contribution >= 0.6 is 0 Å². The van der Waals surface area contributed by atoms with E-state index in [0.717, 1.165) is 43.8 Å². The standard InChI is InChI=1S/C18H26N4O/c1-4-14(2)16-12-17-19-5-6-22(17)13-15(16)11-18(23)21-9-7-20(3)8-10-21/h5-6,12-14H,4,7-11H2,1-3H3. The van der Waals surface area contributed by atoms with Gasteiger partial charge in [-0.25, -0.2) is 4.98 Å². The SMILES string of the molecule is CCC(C)c1cc2nccn2cc1CC(=O)N1CCN(C)CC1. The van der Waals surface area contributed by atoms with Crippen LogP contribution in [0.4, 0.5) is 0 Å². The Hall–Kier alpha value is -1.88. The van der Waals surface area contributed by atoms with Crippen molar-refractivity contribution in [2.45, 2.75) is 32.6 Å². The molecule has 1 aliphatic rings. The summed E-state index contributed by atoms with van der Waals surface area (Å²) in [5.41, 5.74) is 3.35. The van der Waals surface area contributed by atoms with Crippen LogP contribution < -0.4 is 0 Å². The maximum Gasteiger partial charge on any atom is 0.227 e. The van der Waals surface area contributed by atoms with Crippen molar-refractivity contribution in [1.29, 1.82) is 0 Å². The van der Waals surface area contributed by atoms with Crippen molar-refractivity contribution in [3.63, 3.8) is 0 Å². The fraction of sp³-hybridized carbons (Fsp3) is 0.556. The molecule has 1 saturated heterocycles. The lowest BCUT2D eigenvalue weighted by atomic mass is 9.93. The van der Waals surface area contributed by atoms with Gasteiger partial charge in [-0.3, -0.25) is 4.79 Å². The van der Waals surface area contributed by atoms with E-state index in [-0.39, 0.29) is 5.91 Å². The van der Waals surface area contributed by atoms with Crippen LogP contribution in [0.1, 0.15) is 37.3 Å². The van der Waals surface area contributed by atoms with Crippen LogP contribution in [0.5, 0.6) is 0 Å². The molecule has 5 nitrogen and oxygen atoms in total. The molecule has 0 aromatic carbocycles. The summed E-state index contributed by atoms with van der Waals surface area (Å²) in [6.45, 7) is 8.00. The summed E-state index contributed by atoms with van der Waals surface area (Å²) in [6.07, 6.45) is 7.38. The first-order valence-corrected chi connectivity index (χ1v) is 8.50. The van der Waals surface area contributed by atoms with Crippen LogP contribution in [-0.2, 0) is 11.2 Å². The molecule has 3 heterocycles. The van der Waals surface area contributed by atoms with Gasteiger partial charge in [-0.05, 0) is 36.6 Å². The zero-order valence-corrected chi connectivity index (χ0v) is 14.3. The number of nitrogens with zero attached hydrogens (tertiary/aromatic N) is 4. The number of fused-ring (bicyclic) bond motifs is 1. The minimum Gasteiger partial charge on any atom is -0.340 e. The molecule has 0 spiro atoms. The third kappa shape index (κ3) is 3.39. The summed E-state index contributed by atoms with van der Waals surface area (Å²) in [5, 5.41) is 0. The molecule has 23 heavy (non-hydrogen) atoms. The highest BCUT2D eigenvalue weighted by molar-refractivity contribution is 5.79. The summed E-state index contributed by atoms with van der Waals surface area (Å²) in [5.74, 6) is 0.675. The smallest absolute Gasteiger partial charge is 0.227 e. The number of hydrogen-bond donors (Lipinski definition) is 0. The van der Waals surface area contributed by atoms with Crippen molar-refractivity contribution in [3.8, 4) is 0 Å². The van der Waals surface area contributed by atoms with Crippen molar-refractivity contribution >= 4 is 11.6 Å². The predicted octanol–water partition coefficient (Wildman–Crippen LogP) is 2.16. The van der Waals surface area contributed by atoms with Crippen LogP contribution in [0.25, 0.3) is 5.65 Å². The molecule has 1 atom stereocenters. The minimum absolute atomic E-state index is 0.238. The minimum atomic E-state index is 0.238. The van der Waals surface area contributed by atoms with E-state index in [2.05, 4.69) is 43.0 Å². The van der Waals surface area contributed by atoms with E-state index in [0.29, 0.717) is 12.3 Å². The number of amides is 1. The van der Waals surface area contributed by atoms with Crippen LogP contribution in [0.3, 0.4) is 0 Å². The third-order valence-electron chi connectivity index (χ3n) is 4.99. The Balaban J connectivity index is 1.84. The normalized spacial score (nSPS) is 17.6. The fourth-order valence-electron chi connectivity index (χ4n) is 3.18. The topological polar surface area (TPSA) is 40.9 Å². The molecule has 1 amide bonds. The van der Waals surface area contributed by atoms with Crippen LogP contribution in [-0.4, -0.2) is 58.3 Å². The highest BCUT2D eigenvalue weighted by atomic mass is 16.2. The number of carbonyl (C=O) groups excluding carboxylic acids is 1. The van der Waals surface area contributed by atoms with E-state index in [1.165, 1.54) is 5.56 Å². The second-order valence-corrected chi connectivity index (χ2v) is 6.62. The van der Waals surface area contributed by atoms with Gasteiger partial charge in [0.25, 0.3) is 0 Å². The first kappa shape index (κ1) is 16.0. The van der Waals surface area contributed by atoms with Gasteiger partial charge < -0.3 is 14.2 Å². The molecule has 0 N–H and O–H groups in total. The number of imidazole rings is 1. The Morgan fingerprint density at radius 1 is 1.30 bits per heavy atom. The highest BCUT2D eigenvalue weighted by Gasteiger charge is 2.21. The van der Waals surface area contributed by atoms with Gasteiger partial charge in [-0.2, -0.15) is 0 Å². The second-order valence-electron chi connectivity index (χ2n) is 6.62. The second kappa shape index (κ2) is 6.71. The summed E-state index contributed by atoms with van der Waals surface area (Å²) < 4.78 is 2.01. The Morgan fingerprint density at radius 2 is 2.04 bits per heavy atom. The molecule has 0 bridgehead atoms. The number of rotatable bonds is 4. The van der Waals surface area contributed by atoms with E-state index < -0.39 is 0 Å². The number of hydrogen-bond acceptors (Lipinski definition) is 3. The van der Waals surface area contributed by atoms with Gasteiger partial charge in [0.15, 0.2) is 0 Å². The molecular weight excluding hydrogens is 288 g/mol. The number of likely N-dealkylation sites (N-methyl/N-ethyl adjacent to an activating group) is 1. The molecule has 124 valence electrons. The van der Waals surface area contributed by atoms with Gasteiger partial charge in [0.2, 0.25) is 5.91 Å². The van der Waals surface area contributed by atoms with E-state index in [9.17, 15) is 4.79 Å². The van der Waals surface area contributed by atoms with Gasteiger partial charge in [-0.15, -0.1) is 0 Å². The maximum atomic E-state index is 12.7. The Kier molecular flexibility index (Phi) is 4.66. The van der Waals surface area contributed by atoms with E-state index in [1.54, 1.807) is 0 Å². The monoisotopic (exact) mass is 314 g/mol. The number of aromatic nitrogens is 2. The van der Waals surface area contributed by atoms with Crippen molar-refractivity contribution in [3.05, 3.63) is 35.8 Å². The summed E-state index contributed by atoms with van der Waals surface area (Å²) >= 11 is 0. The van der Waals surface area contributed by atoms with E-state index in [1.807, 2.05) is 21.7 Å². The summed E-state index contributed by atoms with van der Waals surface area (Å²) in [4.78, 5) is 21.3. The zero-order chi connectivity index (χ0) is 16.4. The maximum absolute atomic E-state index is 12.7. The van der Waals surface area contributed by atoms with Gasteiger partial charge >= 0.3 is 0 Å². The molecule has 1 aliphatic heterocycles. The number of pyridine rings is 1. The lowest BCUT2D eigenvalue weighted by Gasteiger charge is -2.32. The first-order valence-electron chi connectivity index (χ1n) is 8.50. The molecule has 5 heteroatoms. The zero-order valence-electron chi connectivity index (χ0n) is 14.3. The van der Waals surface area contributed by atoms with Crippen molar-refractivity contribution in [2.75, 3.05) is 33.2 Å². The van der Waals surface area contributed by atoms with Gasteiger partial charge in [0.1, 0.15) is 5.65 Å². The van der Waals surface area contributed by atoms with Crippen LogP contribution in [0.15, 0.2) is 24.7 Å². The largest absolute Gasteiger partial charge is 0.340 e. The van der Waals surface area contributed by atoms with Gasteiger partial charge in [-0.1, -0.05) is 13.8 Å². The van der Waals surface area contributed by atoms with Crippen LogP contribution in [0, 0.1) is 0 Å². The van der Waals surface area contributed by atoms with E-state index in [4.69, 9.17) is 0 Å². The third-order valence-corrected chi connectivity index (χ3v) is 4.99. The van der Waals surface area contributed by atoms with Crippen molar-refractivity contribution in [1.82, 2.24) is 19.2 Å². The summed E-state index contributed by atoms with van der Waals surface area (Å²) in [7, 11) is 2.11. The fourth-order valence-corrected chi connectivity index (χ4v) is 3.18. The molecule has 2 aromatic heterocycles. The van der Waals surface area contributed by atoms with E-state index >= 15 is 0 Å². The molecule has 3 rings (SSSR count). The lowest BCUT2D eigenvalue weighted by molar-refractivity contribution is -0.132. The average molecular weight is 314 g/mol. The van der Waals surface area contributed by atoms with Crippen molar-refractivity contribution < 1.29 is 4.79 Å².